The fraction of sp³-hybridized carbons (Fsp3) is 0.273. The number of rotatable bonds is 6. The molecule has 0 unspecified atom stereocenters. The molecule has 1 aromatic heterocycles. The van der Waals surface area contributed by atoms with E-state index < -0.39 is 0 Å². The monoisotopic (exact) mass is 391 g/mol. The molecule has 0 spiro atoms. The number of methoxy groups -OCH3 is 1. The normalized spacial score (nSPS) is 14.2. The minimum atomic E-state index is 0.133. The summed E-state index contributed by atoms with van der Waals surface area (Å²) in [4.78, 5) is 11.8. The minimum absolute atomic E-state index is 0.133. The summed E-state index contributed by atoms with van der Waals surface area (Å²) >= 11 is 0. The van der Waals surface area contributed by atoms with Crippen LogP contribution in [-0.2, 0) is 0 Å². The molecule has 0 amide bonds. The number of fused-ring (bicyclic) bond motifs is 1. The first-order valence-electron chi connectivity index (χ1n) is 9.73. The summed E-state index contributed by atoms with van der Waals surface area (Å²) in [6.07, 6.45) is 0. The van der Waals surface area contributed by atoms with Gasteiger partial charge in [-0.15, -0.1) is 0 Å². The number of nitrogens with zero attached hydrogens (tertiary/aromatic N) is 3. The maximum absolute atomic E-state index is 10.6. The fourth-order valence-corrected chi connectivity index (χ4v) is 3.71. The quantitative estimate of drug-likeness (QED) is 0.586. The Morgan fingerprint density at radius 3 is 2.55 bits per heavy atom. The molecule has 0 aliphatic carbocycles. The molecule has 0 saturated carbocycles. The van der Waals surface area contributed by atoms with Gasteiger partial charge in [-0.05, 0) is 50.2 Å². The number of aromatic nitrogens is 2. The predicted molar refractivity (Wildman–Crippen MR) is 117 cm³/mol. The van der Waals surface area contributed by atoms with Gasteiger partial charge in [0.25, 0.3) is 0 Å². The third-order valence-electron chi connectivity index (χ3n) is 5.32. The molecule has 7 heteroatoms. The van der Waals surface area contributed by atoms with Crippen molar-refractivity contribution in [3.63, 3.8) is 0 Å². The van der Waals surface area contributed by atoms with Gasteiger partial charge in [0, 0.05) is 30.5 Å². The van der Waals surface area contributed by atoms with Gasteiger partial charge >= 0.3 is 0 Å². The highest BCUT2D eigenvalue weighted by atomic mass is 16.5. The number of hydrogen-bond donors (Lipinski definition) is 3. The van der Waals surface area contributed by atoms with Crippen molar-refractivity contribution in [2.75, 3.05) is 36.5 Å². The Bertz CT molecular complexity index is 1080. The zero-order valence-electron chi connectivity index (χ0n) is 16.9. The average molecular weight is 391 g/mol. The van der Waals surface area contributed by atoms with E-state index in [1.54, 1.807) is 12.0 Å². The minimum Gasteiger partial charge on any atom is -0.509 e. The van der Waals surface area contributed by atoms with Crippen molar-refractivity contribution < 1.29 is 9.84 Å². The van der Waals surface area contributed by atoms with Crippen LogP contribution >= 0.6 is 0 Å². The lowest BCUT2D eigenvalue weighted by atomic mass is 10.2. The number of anilines is 2. The van der Waals surface area contributed by atoms with Crippen molar-refractivity contribution in [3.8, 4) is 5.75 Å². The van der Waals surface area contributed by atoms with Crippen LogP contribution in [0, 0.1) is 5.41 Å². The van der Waals surface area contributed by atoms with Crippen molar-refractivity contribution in [1.29, 1.82) is 5.41 Å². The van der Waals surface area contributed by atoms with Crippen LogP contribution < -0.4 is 14.5 Å². The smallest absolute Gasteiger partial charge is 0.145 e. The first-order chi connectivity index (χ1) is 14.0. The zero-order chi connectivity index (χ0) is 20.5. The fourth-order valence-electron chi connectivity index (χ4n) is 3.71. The number of imidazole rings is 1. The molecule has 7 nitrogen and oxygen atoms in total. The van der Waals surface area contributed by atoms with Gasteiger partial charge in [0.05, 0.1) is 30.3 Å². The van der Waals surface area contributed by atoms with Gasteiger partial charge in [-0.3, -0.25) is 5.41 Å². The number of aliphatic hydroxyl groups is 1. The van der Waals surface area contributed by atoms with Gasteiger partial charge in [-0.2, -0.15) is 0 Å². The van der Waals surface area contributed by atoms with Gasteiger partial charge < -0.3 is 24.6 Å². The van der Waals surface area contributed by atoms with Crippen LogP contribution in [0.15, 0.2) is 48.2 Å². The topological polar surface area (TPSA) is 88.5 Å². The molecular weight excluding hydrogens is 366 g/mol. The Labute approximate surface area is 169 Å². The van der Waals surface area contributed by atoms with Crippen LogP contribution in [0.25, 0.3) is 16.6 Å². The summed E-state index contributed by atoms with van der Waals surface area (Å²) < 4.78 is 5.25. The Morgan fingerprint density at radius 1 is 1.17 bits per heavy atom. The highest BCUT2D eigenvalue weighted by molar-refractivity contribution is 6.30. The van der Waals surface area contributed by atoms with Gasteiger partial charge in [0.1, 0.15) is 23.2 Å². The predicted octanol–water partition coefficient (Wildman–Crippen LogP) is 4.18. The van der Waals surface area contributed by atoms with Crippen molar-refractivity contribution in [2.24, 2.45) is 0 Å². The van der Waals surface area contributed by atoms with Crippen molar-refractivity contribution >= 4 is 33.8 Å². The van der Waals surface area contributed by atoms with E-state index in [9.17, 15) is 5.11 Å². The van der Waals surface area contributed by atoms with Crippen LogP contribution in [0.5, 0.6) is 5.75 Å². The van der Waals surface area contributed by atoms with Crippen LogP contribution in [0.4, 0.5) is 11.4 Å². The van der Waals surface area contributed by atoms with Crippen LogP contribution in [0.3, 0.4) is 0 Å². The van der Waals surface area contributed by atoms with Crippen molar-refractivity contribution in [1.82, 2.24) is 9.97 Å². The van der Waals surface area contributed by atoms with Gasteiger partial charge in [0.15, 0.2) is 0 Å². The lowest BCUT2D eigenvalue weighted by Crippen LogP contribution is -2.26. The number of ether oxygens (including phenoxy) is 1. The number of nitrogens with one attached hydrogen (secondary N) is 2. The highest BCUT2D eigenvalue weighted by Crippen LogP contribution is 2.32. The van der Waals surface area contributed by atoms with E-state index in [0.717, 1.165) is 41.2 Å². The second-order valence-corrected chi connectivity index (χ2v) is 6.91. The summed E-state index contributed by atoms with van der Waals surface area (Å²) in [5, 5.41) is 19.2. The molecule has 0 bridgehead atoms. The molecule has 1 aliphatic rings. The van der Waals surface area contributed by atoms with Gasteiger partial charge in [0.2, 0.25) is 0 Å². The SMILES string of the molecule is CCN(CC)c1ccc(N2CC(O)=C(c3nc4ccc(OC)cc4[nH]3)C2=N)cc1. The summed E-state index contributed by atoms with van der Waals surface area (Å²) in [6, 6.07) is 13.6. The van der Waals surface area contributed by atoms with Crippen LogP contribution in [0.1, 0.15) is 19.7 Å². The lowest BCUT2D eigenvalue weighted by Gasteiger charge is -2.23. The largest absolute Gasteiger partial charge is 0.509 e. The highest BCUT2D eigenvalue weighted by Gasteiger charge is 2.31. The average Bonchev–Trinajstić information content (AvgIpc) is 3.28. The first kappa shape index (κ1) is 18.9. The van der Waals surface area contributed by atoms with Crippen molar-refractivity contribution in [2.45, 2.75) is 13.8 Å². The number of amidine groups is 1. The van der Waals surface area contributed by atoms with E-state index >= 15 is 0 Å². The number of H-pyrrole nitrogens is 1. The molecule has 0 saturated heterocycles. The Hall–Kier alpha value is -3.48. The second kappa shape index (κ2) is 7.50. The molecule has 2 aromatic carbocycles. The maximum atomic E-state index is 10.6. The second-order valence-electron chi connectivity index (χ2n) is 6.91. The van der Waals surface area contributed by atoms with E-state index in [1.807, 2.05) is 30.3 Å². The van der Waals surface area contributed by atoms with E-state index in [0.29, 0.717) is 11.4 Å². The molecule has 0 fully saturated rings. The summed E-state index contributed by atoms with van der Waals surface area (Å²) in [7, 11) is 1.61. The number of hydrogen-bond acceptors (Lipinski definition) is 5. The molecule has 3 N–H and O–H groups in total. The molecular formula is C22H25N5O2. The standard InChI is InChI=1S/C22H25N5O2/c1-4-26(5-2)14-6-8-15(9-7-14)27-13-19(28)20(21(27)23)22-24-17-11-10-16(29-3)12-18(17)25-22/h6-12,23,28H,4-5,13H2,1-3H3,(H,24,25). The van der Waals surface area contributed by atoms with E-state index in [1.165, 1.54) is 0 Å². The number of aromatic amines is 1. The first-order valence-corrected chi connectivity index (χ1v) is 9.73. The van der Waals surface area contributed by atoms with Crippen LogP contribution in [0.2, 0.25) is 0 Å². The molecule has 0 radical (unpaired) electrons. The lowest BCUT2D eigenvalue weighted by molar-refractivity contribution is 0.411. The van der Waals surface area contributed by atoms with Crippen LogP contribution in [-0.4, -0.2) is 47.7 Å². The van der Waals surface area contributed by atoms with E-state index in [4.69, 9.17) is 10.1 Å². The maximum Gasteiger partial charge on any atom is 0.145 e. The van der Waals surface area contributed by atoms with Gasteiger partial charge in [-0.25, -0.2) is 4.98 Å². The summed E-state index contributed by atoms with van der Waals surface area (Å²) in [6.45, 7) is 6.39. The molecule has 4 rings (SSSR count). The number of aliphatic hydroxyl groups excluding tert-OH is 1. The Balaban J connectivity index is 1.61. The Morgan fingerprint density at radius 2 is 1.90 bits per heavy atom. The molecule has 1 aliphatic heterocycles. The third-order valence-corrected chi connectivity index (χ3v) is 5.32. The summed E-state index contributed by atoms with van der Waals surface area (Å²) in [5.41, 5.74) is 4.00. The van der Waals surface area contributed by atoms with Crippen molar-refractivity contribution in [3.05, 3.63) is 54.0 Å². The third kappa shape index (κ3) is 3.29. The molecule has 0 atom stereocenters. The van der Waals surface area contributed by atoms with Gasteiger partial charge in [-0.1, -0.05) is 0 Å². The molecule has 29 heavy (non-hydrogen) atoms. The van der Waals surface area contributed by atoms with E-state index in [-0.39, 0.29) is 18.1 Å². The summed E-state index contributed by atoms with van der Waals surface area (Å²) in [5.74, 6) is 1.57. The number of benzene rings is 2. The Kier molecular flexibility index (Phi) is 4.88. The van der Waals surface area contributed by atoms with E-state index in [2.05, 4.69) is 40.8 Å². The molecule has 150 valence electrons. The zero-order valence-corrected chi connectivity index (χ0v) is 16.9. The molecule has 2 heterocycles. The molecule has 3 aromatic rings.